The van der Waals surface area contributed by atoms with Crippen LogP contribution in [0.4, 0.5) is 24.7 Å². The fourth-order valence-corrected chi connectivity index (χ4v) is 4.59. The molecule has 0 spiro atoms. The summed E-state index contributed by atoms with van der Waals surface area (Å²) < 4.78 is 48.9. The third kappa shape index (κ3) is 3.90. The first-order chi connectivity index (χ1) is 16.5. The molecule has 2 heterocycles. The van der Waals surface area contributed by atoms with Crippen molar-refractivity contribution < 1.29 is 27.8 Å². The lowest BCUT2D eigenvalue weighted by Crippen LogP contribution is -2.38. The number of rotatable bonds is 7. The fourth-order valence-electron chi connectivity index (χ4n) is 4.59. The van der Waals surface area contributed by atoms with Crippen molar-refractivity contribution in [3.8, 4) is 0 Å². The molecule has 7 nitrogen and oxygen atoms in total. The highest BCUT2D eigenvalue weighted by molar-refractivity contribution is 6.10. The van der Waals surface area contributed by atoms with Gasteiger partial charge in [0.1, 0.15) is 12.4 Å². The number of ether oxygens (including phenoxy) is 1. The van der Waals surface area contributed by atoms with Crippen LogP contribution >= 0.6 is 0 Å². The molecule has 2 N–H and O–H groups in total. The number of anilines is 2. The summed E-state index contributed by atoms with van der Waals surface area (Å²) in [7, 11) is 1.68. The van der Waals surface area contributed by atoms with Crippen LogP contribution in [-0.4, -0.2) is 41.5 Å². The van der Waals surface area contributed by atoms with Gasteiger partial charge in [-0.1, -0.05) is 12.1 Å². The number of carbonyl (C=O) groups excluding carboxylic acids is 1. The Balaban J connectivity index is 1.81. The lowest BCUT2D eigenvalue weighted by molar-refractivity contribution is -0.140. The van der Waals surface area contributed by atoms with E-state index in [2.05, 4.69) is 15.5 Å². The Bertz CT molecular complexity index is 1320. The van der Waals surface area contributed by atoms with Gasteiger partial charge in [-0.05, 0) is 45.9 Å². The SMILES string of the molecule is CCOC1(C)C(=O)N(C)c2cc3c(C)nnc(N[C@H](C)c4cccc(C(F)(F)CO)c4F)c3cc21. The van der Waals surface area contributed by atoms with Crippen LogP contribution in [0.1, 0.15) is 49.2 Å². The topological polar surface area (TPSA) is 87.6 Å². The average Bonchev–Trinajstić information content (AvgIpc) is 3.01. The molecule has 0 saturated carbocycles. The fraction of sp³-hybridized carbons (Fsp3) is 0.400. The minimum atomic E-state index is -3.71. The number of aliphatic hydroxyl groups excluding tert-OH is 1. The van der Waals surface area contributed by atoms with Gasteiger partial charge in [0, 0.05) is 35.6 Å². The van der Waals surface area contributed by atoms with Gasteiger partial charge in [-0.3, -0.25) is 4.79 Å². The van der Waals surface area contributed by atoms with Crippen molar-refractivity contribution in [3.05, 3.63) is 58.5 Å². The summed E-state index contributed by atoms with van der Waals surface area (Å²) >= 11 is 0. The highest BCUT2D eigenvalue weighted by Crippen LogP contribution is 2.45. The maximum atomic E-state index is 15.0. The summed E-state index contributed by atoms with van der Waals surface area (Å²) in [5, 5.41) is 21.9. The van der Waals surface area contributed by atoms with E-state index in [9.17, 15) is 13.6 Å². The molecule has 4 rings (SSSR count). The van der Waals surface area contributed by atoms with Crippen LogP contribution in [0.15, 0.2) is 30.3 Å². The van der Waals surface area contributed by atoms with Crippen LogP contribution < -0.4 is 10.2 Å². The second kappa shape index (κ2) is 8.76. The van der Waals surface area contributed by atoms with Gasteiger partial charge in [0.05, 0.1) is 23.0 Å². The molecule has 2 aromatic carbocycles. The number of aryl methyl sites for hydroxylation is 1. The van der Waals surface area contributed by atoms with E-state index >= 15 is 4.39 Å². The van der Waals surface area contributed by atoms with Crippen LogP contribution in [0.2, 0.25) is 0 Å². The normalized spacial score (nSPS) is 18.8. The lowest BCUT2D eigenvalue weighted by atomic mass is 9.94. The quantitative estimate of drug-likeness (QED) is 0.507. The predicted octanol–water partition coefficient (Wildman–Crippen LogP) is 4.56. The second-order valence-electron chi connectivity index (χ2n) is 8.82. The van der Waals surface area contributed by atoms with Gasteiger partial charge in [-0.15, -0.1) is 5.10 Å². The molecule has 186 valence electrons. The van der Waals surface area contributed by atoms with Crippen LogP contribution in [0.25, 0.3) is 10.8 Å². The molecule has 1 aliphatic heterocycles. The van der Waals surface area contributed by atoms with Crippen LogP contribution in [0.3, 0.4) is 0 Å². The Labute approximate surface area is 200 Å². The summed E-state index contributed by atoms with van der Waals surface area (Å²) in [6.07, 6.45) is 0. The number of halogens is 3. The van der Waals surface area contributed by atoms with E-state index in [4.69, 9.17) is 9.84 Å². The Hall–Kier alpha value is -3.24. The number of aliphatic hydroxyl groups is 1. The first-order valence-corrected chi connectivity index (χ1v) is 11.2. The van der Waals surface area contributed by atoms with Crippen molar-refractivity contribution in [1.29, 1.82) is 0 Å². The number of fused-ring (bicyclic) bond motifs is 2. The van der Waals surface area contributed by atoms with Crippen molar-refractivity contribution in [2.75, 3.05) is 30.5 Å². The molecule has 1 aromatic heterocycles. The standard InChI is InChI=1S/C25H27F3N4O3/c1-6-35-24(4)19-10-17-16(11-20(19)32(5)23(24)34)14(3)30-31-22(17)29-13(2)15-8-7-9-18(21(15)26)25(27,28)12-33/h7-11,13,33H,6,12H2,1-5H3,(H,29,31)/t13-,24?/m1/s1. The number of hydrogen-bond acceptors (Lipinski definition) is 6. The Morgan fingerprint density at radius 2 is 1.97 bits per heavy atom. The number of aromatic nitrogens is 2. The smallest absolute Gasteiger partial charge is 0.298 e. The third-order valence-electron chi connectivity index (χ3n) is 6.54. The number of benzene rings is 2. The molecule has 0 radical (unpaired) electrons. The van der Waals surface area contributed by atoms with Crippen molar-refractivity contribution in [1.82, 2.24) is 10.2 Å². The Morgan fingerprint density at radius 1 is 1.26 bits per heavy atom. The summed E-state index contributed by atoms with van der Waals surface area (Å²) in [6, 6.07) is 6.55. The Morgan fingerprint density at radius 3 is 2.63 bits per heavy atom. The largest absolute Gasteiger partial charge is 0.390 e. The minimum Gasteiger partial charge on any atom is -0.390 e. The molecule has 1 unspecified atom stereocenters. The molecule has 2 atom stereocenters. The molecule has 1 amide bonds. The number of nitrogens with zero attached hydrogens (tertiary/aromatic N) is 3. The number of nitrogens with one attached hydrogen (secondary N) is 1. The van der Waals surface area contributed by atoms with Crippen LogP contribution in [0, 0.1) is 12.7 Å². The van der Waals surface area contributed by atoms with E-state index in [1.807, 2.05) is 19.1 Å². The first-order valence-electron chi connectivity index (χ1n) is 11.2. The van der Waals surface area contributed by atoms with Gasteiger partial charge < -0.3 is 20.1 Å². The summed E-state index contributed by atoms with van der Waals surface area (Å²) in [5.74, 6) is -4.71. The van der Waals surface area contributed by atoms with E-state index < -0.39 is 35.6 Å². The third-order valence-corrected chi connectivity index (χ3v) is 6.54. The molecule has 1 aliphatic rings. The Kier molecular flexibility index (Phi) is 6.23. The van der Waals surface area contributed by atoms with E-state index in [1.54, 1.807) is 32.7 Å². The first kappa shape index (κ1) is 24.9. The van der Waals surface area contributed by atoms with Crippen molar-refractivity contribution in [2.24, 2.45) is 0 Å². The number of amides is 1. The average molecular weight is 489 g/mol. The van der Waals surface area contributed by atoms with Gasteiger partial charge in [-0.25, -0.2) is 4.39 Å². The van der Waals surface area contributed by atoms with Crippen LogP contribution in [0.5, 0.6) is 0 Å². The van der Waals surface area contributed by atoms with E-state index in [0.29, 0.717) is 34.8 Å². The van der Waals surface area contributed by atoms with Crippen molar-refractivity contribution in [2.45, 2.75) is 45.3 Å². The number of hydrogen-bond donors (Lipinski definition) is 2. The molecule has 35 heavy (non-hydrogen) atoms. The monoisotopic (exact) mass is 488 g/mol. The van der Waals surface area contributed by atoms with Crippen molar-refractivity contribution >= 4 is 28.2 Å². The highest BCUT2D eigenvalue weighted by atomic mass is 19.3. The molecule has 0 aliphatic carbocycles. The zero-order chi connectivity index (χ0) is 25.7. The maximum absolute atomic E-state index is 15.0. The van der Waals surface area contributed by atoms with Crippen molar-refractivity contribution in [3.63, 3.8) is 0 Å². The zero-order valence-electron chi connectivity index (χ0n) is 20.1. The molecule has 0 fully saturated rings. The minimum absolute atomic E-state index is 0.0126. The van der Waals surface area contributed by atoms with E-state index in [-0.39, 0.29) is 11.5 Å². The molecule has 3 aromatic rings. The van der Waals surface area contributed by atoms with E-state index in [0.717, 1.165) is 11.5 Å². The number of alkyl halides is 2. The van der Waals surface area contributed by atoms with Gasteiger partial charge in [0.2, 0.25) is 0 Å². The summed E-state index contributed by atoms with van der Waals surface area (Å²) in [4.78, 5) is 14.5. The van der Waals surface area contributed by atoms with E-state index in [1.165, 1.54) is 12.1 Å². The molecular formula is C25H27F3N4O3. The lowest BCUT2D eigenvalue weighted by Gasteiger charge is -2.23. The molecule has 0 saturated heterocycles. The van der Waals surface area contributed by atoms with Gasteiger partial charge in [0.15, 0.2) is 11.4 Å². The van der Waals surface area contributed by atoms with Gasteiger partial charge >= 0.3 is 0 Å². The predicted molar refractivity (Wildman–Crippen MR) is 126 cm³/mol. The molecular weight excluding hydrogens is 461 g/mol. The van der Waals surface area contributed by atoms with Gasteiger partial charge in [0.25, 0.3) is 11.8 Å². The molecule has 0 bridgehead atoms. The van der Waals surface area contributed by atoms with Crippen LogP contribution in [-0.2, 0) is 21.1 Å². The zero-order valence-corrected chi connectivity index (χ0v) is 20.1. The second-order valence-corrected chi connectivity index (χ2v) is 8.82. The maximum Gasteiger partial charge on any atom is 0.298 e. The number of likely N-dealkylation sites (N-methyl/N-ethyl adjacent to an activating group) is 1. The number of carbonyl (C=O) groups is 1. The summed E-state index contributed by atoms with van der Waals surface area (Å²) in [6.45, 7) is 5.75. The molecule has 10 heteroatoms. The van der Waals surface area contributed by atoms with Gasteiger partial charge in [-0.2, -0.15) is 13.9 Å². The highest BCUT2D eigenvalue weighted by Gasteiger charge is 2.47. The summed E-state index contributed by atoms with van der Waals surface area (Å²) in [5.41, 5.74) is -0.0813.